The van der Waals surface area contributed by atoms with E-state index in [1.165, 1.54) is 7.11 Å². The second kappa shape index (κ2) is 7.95. The first-order chi connectivity index (χ1) is 13.5. The molecule has 28 heavy (non-hydrogen) atoms. The van der Waals surface area contributed by atoms with Gasteiger partial charge >= 0.3 is 0 Å². The Morgan fingerprint density at radius 1 is 0.750 bits per heavy atom. The monoisotopic (exact) mass is 518 g/mol. The molecule has 3 nitrogen and oxygen atoms in total. The van der Waals surface area contributed by atoms with Crippen LogP contribution in [-0.4, -0.2) is 18.4 Å². The van der Waals surface area contributed by atoms with E-state index in [4.69, 9.17) is 8.92 Å². The number of methoxy groups -OCH3 is 1. The molecule has 0 heterocycles. The van der Waals surface area contributed by atoms with Crippen LogP contribution in [0.25, 0.3) is 32.7 Å². The molecule has 0 radical (unpaired) electrons. The van der Waals surface area contributed by atoms with E-state index in [9.17, 15) is 4.21 Å². The van der Waals surface area contributed by atoms with Gasteiger partial charge in [-0.1, -0.05) is 56.1 Å². The molecule has 4 aromatic carbocycles. The molecule has 6 heteroatoms. The van der Waals surface area contributed by atoms with Crippen LogP contribution >= 0.6 is 31.9 Å². The van der Waals surface area contributed by atoms with Crippen molar-refractivity contribution in [2.75, 3.05) is 14.2 Å². The third kappa shape index (κ3) is 3.39. The first kappa shape index (κ1) is 19.6. The number of hydrogen-bond donors (Lipinski definition) is 0. The van der Waals surface area contributed by atoms with Gasteiger partial charge in [0.1, 0.15) is 5.75 Å². The molecule has 4 aromatic rings. The molecule has 0 saturated carbocycles. The maximum atomic E-state index is 12.7. The van der Waals surface area contributed by atoms with Gasteiger partial charge in [0.15, 0.2) is 11.1 Å². The summed E-state index contributed by atoms with van der Waals surface area (Å²) in [6.45, 7) is 0. The fraction of sp³-hybridized carbons (Fsp3) is 0.0909. The Morgan fingerprint density at radius 3 is 1.89 bits per heavy atom. The molecule has 0 aliphatic rings. The second-order valence-corrected chi connectivity index (χ2v) is 9.29. The highest BCUT2D eigenvalue weighted by Crippen LogP contribution is 2.44. The third-order valence-electron chi connectivity index (χ3n) is 4.69. The molecule has 0 N–H and O–H groups in total. The second-order valence-electron chi connectivity index (χ2n) is 6.21. The minimum absolute atomic E-state index is 0.617. The zero-order chi connectivity index (χ0) is 19.8. The molecule has 0 amide bonds. The van der Waals surface area contributed by atoms with Crippen molar-refractivity contribution >= 4 is 64.5 Å². The topological polar surface area (TPSA) is 35.5 Å². The lowest BCUT2D eigenvalue weighted by atomic mass is 9.93. The number of hydrogen-bond acceptors (Lipinski definition) is 3. The Morgan fingerprint density at radius 2 is 1.32 bits per heavy atom. The highest BCUT2D eigenvalue weighted by atomic mass is 79.9. The Hall–Kier alpha value is -1.73. The van der Waals surface area contributed by atoms with Gasteiger partial charge in [0, 0.05) is 20.1 Å². The van der Waals surface area contributed by atoms with Gasteiger partial charge in [0.05, 0.1) is 19.1 Å². The maximum absolute atomic E-state index is 12.7. The molecule has 1 unspecified atom stereocenters. The number of rotatable bonds is 4. The quantitative estimate of drug-likeness (QED) is 0.295. The Bertz CT molecular complexity index is 1240. The van der Waals surface area contributed by atoms with E-state index in [1.54, 1.807) is 7.11 Å². The fourth-order valence-corrected chi connectivity index (χ4v) is 4.97. The molecule has 0 bridgehead atoms. The van der Waals surface area contributed by atoms with E-state index in [2.05, 4.69) is 44.0 Å². The maximum Gasteiger partial charge on any atom is 0.189 e. The minimum Gasteiger partial charge on any atom is -0.496 e. The molecule has 0 aromatic heterocycles. The molecule has 0 aliphatic carbocycles. The largest absolute Gasteiger partial charge is 0.496 e. The van der Waals surface area contributed by atoms with Gasteiger partial charge in [-0.3, -0.25) is 4.18 Å². The predicted molar refractivity (Wildman–Crippen MR) is 122 cm³/mol. The summed E-state index contributed by atoms with van der Waals surface area (Å²) in [6, 6.07) is 20.0. The zero-order valence-electron chi connectivity index (χ0n) is 15.2. The van der Waals surface area contributed by atoms with Gasteiger partial charge < -0.3 is 4.74 Å². The summed E-state index contributed by atoms with van der Waals surface area (Å²) in [5.41, 5.74) is 1.76. The summed E-state index contributed by atoms with van der Waals surface area (Å²) >= 11 is 5.48. The van der Waals surface area contributed by atoms with Crippen molar-refractivity contribution in [1.82, 2.24) is 0 Å². The molecular weight excluding hydrogens is 504 g/mol. The van der Waals surface area contributed by atoms with E-state index in [-0.39, 0.29) is 0 Å². The summed E-state index contributed by atoms with van der Waals surface area (Å²) in [5.74, 6) is 0.722. The lowest BCUT2D eigenvalue weighted by molar-refractivity contribution is 0.417. The van der Waals surface area contributed by atoms with E-state index in [0.717, 1.165) is 47.4 Å². The van der Waals surface area contributed by atoms with Crippen molar-refractivity contribution in [2.24, 2.45) is 0 Å². The number of halogens is 2. The highest BCUT2D eigenvalue weighted by Gasteiger charge is 2.21. The average Bonchev–Trinajstić information content (AvgIpc) is 2.71. The van der Waals surface area contributed by atoms with Crippen LogP contribution in [0.4, 0.5) is 0 Å². The molecule has 0 spiro atoms. The Balaban J connectivity index is 2.21. The van der Waals surface area contributed by atoms with Crippen molar-refractivity contribution in [1.29, 1.82) is 0 Å². The van der Waals surface area contributed by atoms with Crippen molar-refractivity contribution in [3.63, 3.8) is 0 Å². The standard InChI is InChI=1S/C22H16Br2O3S/c1-26-19-9-3-13-11-15(23)5-7-17(13)21(19)22-18-8-6-16(24)12-14(18)4-10-20(22)28(25)27-2/h3-12H,1-2H3. The molecule has 4 rings (SSSR count). The van der Waals surface area contributed by atoms with E-state index >= 15 is 0 Å². The SMILES string of the molecule is COc1ccc2cc(Br)ccc2c1-c1c(S(=O)OC)ccc2cc(Br)ccc12. The molecule has 142 valence electrons. The normalized spacial score (nSPS) is 12.4. The smallest absolute Gasteiger partial charge is 0.189 e. The summed E-state index contributed by atoms with van der Waals surface area (Å²) in [7, 11) is 3.10. The average molecular weight is 520 g/mol. The van der Waals surface area contributed by atoms with Crippen molar-refractivity contribution < 1.29 is 13.1 Å². The number of ether oxygens (including phenoxy) is 1. The van der Waals surface area contributed by atoms with Crippen LogP contribution in [0.3, 0.4) is 0 Å². The van der Waals surface area contributed by atoms with Crippen LogP contribution in [0.5, 0.6) is 5.75 Å². The zero-order valence-corrected chi connectivity index (χ0v) is 19.2. The van der Waals surface area contributed by atoms with Crippen LogP contribution in [0.15, 0.2) is 74.5 Å². The van der Waals surface area contributed by atoms with Gasteiger partial charge in [-0.05, 0) is 57.9 Å². The van der Waals surface area contributed by atoms with E-state index in [0.29, 0.717) is 4.90 Å². The van der Waals surface area contributed by atoms with Crippen molar-refractivity contribution in [2.45, 2.75) is 4.90 Å². The van der Waals surface area contributed by atoms with Gasteiger partial charge in [0.2, 0.25) is 0 Å². The van der Waals surface area contributed by atoms with E-state index in [1.807, 2.05) is 48.5 Å². The summed E-state index contributed by atoms with van der Waals surface area (Å²) in [4.78, 5) is 0.617. The van der Waals surface area contributed by atoms with Gasteiger partial charge in [-0.25, -0.2) is 4.21 Å². The van der Waals surface area contributed by atoms with Crippen LogP contribution in [0.1, 0.15) is 0 Å². The third-order valence-corrected chi connectivity index (χ3v) is 6.68. The van der Waals surface area contributed by atoms with Gasteiger partial charge in [-0.2, -0.15) is 0 Å². The summed E-state index contributed by atoms with van der Waals surface area (Å²) in [5, 5.41) is 4.11. The molecule has 0 saturated heterocycles. The highest BCUT2D eigenvalue weighted by molar-refractivity contribution is 9.10. The lowest BCUT2D eigenvalue weighted by Gasteiger charge is -2.18. The fourth-order valence-electron chi connectivity index (χ4n) is 3.48. The van der Waals surface area contributed by atoms with Gasteiger partial charge in [-0.15, -0.1) is 0 Å². The first-order valence-electron chi connectivity index (χ1n) is 8.48. The minimum atomic E-state index is -1.60. The molecule has 1 atom stereocenters. The summed E-state index contributed by atoms with van der Waals surface area (Å²) < 4.78 is 25.6. The van der Waals surface area contributed by atoms with Crippen molar-refractivity contribution in [3.05, 3.63) is 69.6 Å². The summed E-state index contributed by atoms with van der Waals surface area (Å²) in [6.07, 6.45) is 0. The van der Waals surface area contributed by atoms with Crippen molar-refractivity contribution in [3.8, 4) is 16.9 Å². The van der Waals surface area contributed by atoms with Crippen LogP contribution in [0.2, 0.25) is 0 Å². The molecule has 0 aliphatic heterocycles. The predicted octanol–water partition coefficient (Wildman–Crippen LogP) is 6.86. The first-order valence-corrected chi connectivity index (χ1v) is 11.1. The molecule has 0 fully saturated rings. The Kier molecular flexibility index (Phi) is 5.56. The number of fused-ring (bicyclic) bond motifs is 2. The molecular formula is C22H16Br2O3S. The van der Waals surface area contributed by atoms with Gasteiger partial charge in [0.25, 0.3) is 0 Å². The number of benzene rings is 4. The van der Waals surface area contributed by atoms with Crippen LogP contribution < -0.4 is 4.74 Å². The van der Waals surface area contributed by atoms with Crippen LogP contribution in [-0.2, 0) is 15.3 Å². The lowest BCUT2D eigenvalue weighted by Crippen LogP contribution is -2.00. The van der Waals surface area contributed by atoms with E-state index < -0.39 is 11.1 Å². The Labute approximate surface area is 182 Å². The van der Waals surface area contributed by atoms with Crippen LogP contribution in [0, 0.1) is 0 Å².